The normalized spacial score (nSPS) is 11.5. The summed E-state index contributed by atoms with van der Waals surface area (Å²) in [5.74, 6) is 1.86. The number of thiazole rings is 1. The number of benzene rings is 2. The summed E-state index contributed by atoms with van der Waals surface area (Å²) in [7, 11) is 1.63. The van der Waals surface area contributed by atoms with E-state index in [4.69, 9.17) is 23.6 Å². The van der Waals surface area contributed by atoms with Crippen LogP contribution in [0.4, 0.5) is 5.13 Å². The van der Waals surface area contributed by atoms with Crippen LogP contribution >= 0.6 is 11.3 Å². The van der Waals surface area contributed by atoms with Crippen LogP contribution in [0, 0.1) is 0 Å². The minimum atomic E-state index is -0.304. The van der Waals surface area contributed by atoms with Gasteiger partial charge in [-0.05, 0) is 56.3 Å². The van der Waals surface area contributed by atoms with Gasteiger partial charge in [-0.1, -0.05) is 0 Å². The summed E-state index contributed by atoms with van der Waals surface area (Å²) >= 11 is 1.37. The highest BCUT2D eigenvalue weighted by molar-refractivity contribution is 7.13. The molecule has 4 aromatic rings. The molecule has 8 heteroatoms. The van der Waals surface area contributed by atoms with Gasteiger partial charge in [-0.3, -0.25) is 4.79 Å². The van der Waals surface area contributed by atoms with Crippen molar-refractivity contribution in [3.05, 3.63) is 65.0 Å². The monoisotopic (exact) mass is 464 g/mol. The first-order valence-electron chi connectivity index (χ1n) is 10.6. The van der Waals surface area contributed by atoms with Gasteiger partial charge < -0.3 is 18.6 Å². The topological polar surface area (TPSA) is 83.2 Å². The second kappa shape index (κ2) is 10.3. The number of fused-ring (bicyclic) bond motifs is 1. The number of nitrogens with zero attached hydrogens (tertiary/aromatic N) is 2. The molecule has 0 amide bonds. The summed E-state index contributed by atoms with van der Waals surface area (Å²) in [6, 6.07) is 15.2. The van der Waals surface area contributed by atoms with Gasteiger partial charge in [-0.15, -0.1) is 11.3 Å². The van der Waals surface area contributed by atoms with Gasteiger partial charge in [0.2, 0.25) is 5.13 Å². The zero-order chi connectivity index (χ0) is 23.2. The first-order chi connectivity index (χ1) is 16.1. The van der Waals surface area contributed by atoms with Gasteiger partial charge in [-0.2, -0.15) is 0 Å². The number of hydrogen-bond acceptors (Lipinski definition) is 8. The van der Waals surface area contributed by atoms with Crippen LogP contribution in [0.2, 0.25) is 0 Å². The van der Waals surface area contributed by atoms with Crippen molar-refractivity contribution in [3.8, 4) is 22.8 Å². The Morgan fingerprint density at radius 3 is 2.58 bits per heavy atom. The van der Waals surface area contributed by atoms with Crippen molar-refractivity contribution >= 4 is 33.4 Å². The third-order valence-electron chi connectivity index (χ3n) is 4.79. The maximum atomic E-state index is 11.8. The largest absolute Gasteiger partial charge is 0.497 e. The molecule has 0 unspecified atom stereocenters. The average molecular weight is 465 g/mol. The molecule has 0 spiro atoms. The van der Waals surface area contributed by atoms with Crippen LogP contribution in [-0.4, -0.2) is 31.3 Å². The van der Waals surface area contributed by atoms with Crippen LogP contribution in [0.25, 0.3) is 22.3 Å². The van der Waals surface area contributed by atoms with E-state index in [9.17, 15) is 4.79 Å². The summed E-state index contributed by atoms with van der Waals surface area (Å²) in [4.78, 5) is 21.0. The highest BCUT2D eigenvalue weighted by Gasteiger charge is 2.11. The molecule has 4 rings (SSSR count). The lowest BCUT2D eigenvalue weighted by Crippen LogP contribution is -2.07. The van der Waals surface area contributed by atoms with Gasteiger partial charge >= 0.3 is 5.97 Å². The van der Waals surface area contributed by atoms with Crippen molar-refractivity contribution in [1.82, 2.24) is 4.98 Å². The van der Waals surface area contributed by atoms with Crippen LogP contribution in [0.5, 0.6) is 11.5 Å². The molecule has 2 heterocycles. The Balaban J connectivity index is 1.80. The van der Waals surface area contributed by atoms with E-state index in [0.717, 1.165) is 22.4 Å². The van der Waals surface area contributed by atoms with E-state index >= 15 is 0 Å². The first kappa shape index (κ1) is 22.5. The molecular formula is C25H24N2O5S. The summed E-state index contributed by atoms with van der Waals surface area (Å²) in [5.41, 5.74) is 2.20. The summed E-state index contributed by atoms with van der Waals surface area (Å²) < 4.78 is 22.1. The highest BCUT2D eigenvalue weighted by Crippen LogP contribution is 2.27. The maximum absolute atomic E-state index is 11.8. The lowest BCUT2D eigenvalue weighted by atomic mass is 10.1. The van der Waals surface area contributed by atoms with Crippen molar-refractivity contribution in [2.24, 2.45) is 4.99 Å². The van der Waals surface area contributed by atoms with Crippen molar-refractivity contribution < 1.29 is 23.4 Å². The SMILES string of the molecule is CCOC(=O)Cc1csc(/N=c2\cc(-c3ccc(OC)cc3)oc3ccc(OCC)cc23)n1. The number of carbonyl (C=O) groups is 1. The fourth-order valence-electron chi connectivity index (χ4n) is 3.29. The average Bonchev–Trinajstić information content (AvgIpc) is 3.26. The molecule has 0 aliphatic rings. The molecule has 33 heavy (non-hydrogen) atoms. The van der Waals surface area contributed by atoms with Crippen LogP contribution < -0.4 is 14.8 Å². The molecule has 0 fully saturated rings. The van der Waals surface area contributed by atoms with Crippen molar-refractivity contribution in [1.29, 1.82) is 0 Å². The second-order valence-corrected chi connectivity index (χ2v) is 7.87. The van der Waals surface area contributed by atoms with Gasteiger partial charge in [0.1, 0.15) is 22.8 Å². The third-order valence-corrected chi connectivity index (χ3v) is 5.57. The van der Waals surface area contributed by atoms with Gasteiger partial charge in [0, 0.05) is 22.4 Å². The number of ether oxygens (including phenoxy) is 3. The Morgan fingerprint density at radius 2 is 1.85 bits per heavy atom. The lowest BCUT2D eigenvalue weighted by molar-refractivity contribution is -0.142. The molecule has 2 aromatic carbocycles. The van der Waals surface area contributed by atoms with Crippen LogP contribution in [0.3, 0.4) is 0 Å². The van der Waals surface area contributed by atoms with Gasteiger partial charge in [0.05, 0.1) is 37.8 Å². The molecule has 170 valence electrons. The van der Waals surface area contributed by atoms with Crippen LogP contribution in [-0.2, 0) is 16.0 Å². The number of rotatable bonds is 8. The molecule has 0 aliphatic carbocycles. The minimum absolute atomic E-state index is 0.121. The number of carbonyl (C=O) groups excluding carboxylic acids is 1. The summed E-state index contributed by atoms with van der Waals surface area (Å²) in [6.07, 6.45) is 0.121. The van der Waals surface area contributed by atoms with Crippen molar-refractivity contribution in [2.75, 3.05) is 20.3 Å². The van der Waals surface area contributed by atoms with E-state index in [0.29, 0.717) is 40.7 Å². The Hall–Kier alpha value is -3.65. The van der Waals surface area contributed by atoms with Gasteiger partial charge in [0.15, 0.2) is 0 Å². The number of esters is 1. The van der Waals surface area contributed by atoms with E-state index in [1.807, 2.05) is 60.8 Å². The smallest absolute Gasteiger partial charge is 0.311 e. The zero-order valence-electron chi connectivity index (χ0n) is 18.7. The summed E-state index contributed by atoms with van der Waals surface area (Å²) in [5, 5.41) is 3.87. The zero-order valence-corrected chi connectivity index (χ0v) is 19.5. The van der Waals surface area contributed by atoms with E-state index in [-0.39, 0.29) is 12.4 Å². The van der Waals surface area contributed by atoms with Crippen LogP contribution in [0.1, 0.15) is 19.5 Å². The summed E-state index contributed by atoms with van der Waals surface area (Å²) in [6.45, 7) is 4.62. The highest BCUT2D eigenvalue weighted by atomic mass is 32.1. The molecule has 0 N–H and O–H groups in total. The van der Waals surface area contributed by atoms with E-state index in [1.54, 1.807) is 14.0 Å². The van der Waals surface area contributed by atoms with Gasteiger partial charge in [-0.25, -0.2) is 9.98 Å². The molecule has 2 aromatic heterocycles. The molecule has 0 atom stereocenters. The molecule has 0 aliphatic heterocycles. The number of hydrogen-bond donors (Lipinski definition) is 0. The minimum Gasteiger partial charge on any atom is -0.497 e. The Bertz CT molecular complexity index is 1320. The Labute approximate surface area is 195 Å². The molecule has 7 nitrogen and oxygen atoms in total. The molecular weight excluding hydrogens is 440 g/mol. The predicted octanol–water partition coefficient (Wildman–Crippen LogP) is 5.30. The van der Waals surface area contributed by atoms with Gasteiger partial charge in [0.25, 0.3) is 0 Å². The lowest BCUT2D eigenvalue weighted by Gasteiger charge is -2.08. The second-order valence-electron chi connectivity index (χ2n) is 7.03. The van der Waals surface area contributed by atoms with Crippen molar-refractivity contribution in [3.63, 3.8) is 0 Å². The number of aromatic nitrogens is 1. The Kier molecular flexibility index (Phi) is 7.04. The molecule has 0 bridgehead atoms. The first-order valence-corrected chi connectivity index (χ1v) is 11.5. The van der Waals surface area contributed by atoms with E-state index in [1.165, 1.54) is 11.3 Å². The maximum Gasteiger partial charge on any atom is 0.311 e. The predicted molar refractivity (Wildman–Crippen MR) is 127 cm³/mol. The third kappa shape index (κ3) is 5.40. The number of methoxy groups -OCH3 is 1. The Morgan fingerprint density at radius 1 is 1.06 bits per heavy atom. The molecule has 0 saturated carbocycles. The van der Waals surface area contributed by atoms with E-state index < -0.39 is 0 Å². The van der Waals surface area contributed by atoms with E-state index in [2.05, 4.69) is 4.98 Å². The standard InChI is InChI=1S/C25H24N2O5S/c1-4-30-19-10-11-22-20(13-19)21(14-23(32-22)16-6-8-18(29-3)9-7-16)27-25-26-17(15-33-25)12-24(28)31-5-2/h6-11,13-15H,4-5,12H2,1-3H3/b27-21+. The van der Waals surface area contributed by atoms with Crippen molar-refractivity contribution in [2.45, 2.75) is 20.3 Å². The fraction of sp³-hybridized carbons (Fsp3) is 0.240. The van der Waals surface area contributed by atoms with Crippen LogP contribution in [0.15, 0.2) is 63.3 Å². The molecule has 0 radical (unpaired) electrons. The quantitative estimate of drug-likeness (QED) is 0.329. The molecule has 0 saturated heterocycles. The fourth-order valence-corrected chi connectivity index (χ4v) is 3.98.